The molecule has 1 N–H and O–H groups in total. The highest BCUT2D eigenvalue weighted by atomic mass is 35.5. The number of amides is 1. The van der Waals surface area contributed by atoms with Gasteiger partial charge in [-0.25, -0.2) is 4.39 Å². The number of nitrogens with zero attached hydrogens (tertiary/aromatic N) is 1. The van der Waals surface area contributed by atoms with Gasteiger partial charge in [0, 0.05) is 5.56 Å². The molecule has 0 saturated heterocycles. The number of rotatable bonds is 7. The minimum atomic E-state index is -0.490. The molecule has 0 saturated carbocycles. The van der Waals surface area contributed by atoms with Gasteiger partial charge in [0.2, 0.25) is 0 Å². The Kier molecular flexibility index (Phi) is 6.59. The molecule has 0 fully saturated rings. The van der Waals surface area contributed by atoms with E-state index in [1.165, 1.54) is 25.5 Å². The maximum Gasteiger partial charge on any atom is 0.265 e. The van der Waals surface area contributed by atoms with Crippen molar-refractivity contribution in [2.75, 3.05) is 26.1 Å². The summed E-state index contributed by atoms with van der Waals surface area (Å²) >= 11 is 5.83. The minimum absolute atomic E-state index is 0.0953. The third-order valence-electron chi connectivity index (χ3n) is 3.10. The zero-order valence-electron chi connectivity index (χ0n) is 13.6. The molecule has 2 rings (SSSR count). The first-order chi connectivity index (χ1) is 12.0. The van der Waals surface area contributed by atoms with Gasteiger partial charge in [0.05, 0.1) is 31.1 Å². The topological polar surface area (TPSA) is 69.1 Å². The van der Waals surface area contributed by atoms with Crippen LogP contribution in [0.2, 0.25) is 5.02 Å². The highest BCUT2D eigenvalue weighted by molar-refractivity contribution is 6.33. The number of hydrogen-bond donors (Lipinski definition) is 1. The second-order valence-corrected chi connectivity index (χ2v) is 5.20. The summed E-state index contributed by atoms with van der Waals surface area (Å²) < 4.78 is 23.3. The molecule has 0 aliphatic carbocycles. The number of halogens is 2. The molecule has 2 aromatic carbocycles. The van der Waals surface area contributed by atoms with Gasteiger partial charge < -0.3 is 19.6 Å². The van der Waals surface area contributed by atoms with Gasteiger partial charge in [-0.15, -0.1) is 0 Å². The van der Waals surface area contributed by atoms with Crippen LogP contribution in [-0.2, 0) is 9.63 Å². The van der Waals surface area contributed by atoms with Gasteiger partial charge in [0.25, 0.3) is 5.91 Å². The monoisotopic (exact) mass is 366 g/mol. The van der Waals surface area contributed by atoms with Crippen LogP contribution in [0.5, 0.6) is 11.5 Å². The van der Waals surface area contributed by atoms with Gasteiger partial charge in [-0.1, -0.05) is 16.8 Å². The number of hydrogen-bond acceptors (Lipinski definition) is 5. The molecule has 0 aliphatic heterocycles. The fourth-order valence-corrected chi connectivity index (χ4v) is 2.12. The van der Waals surface area contributed by atoms with Crippen molar-refractivity contribution in [2.24, 2.45) is 5.16 Å². The van der Waals surface area contributed by atoms with E-state index >= 15 is 0 Å². The molecule has 0 bridgehead atoms. The van der Waals surface area contributed by atoms with Crippen LogP contribution in [0.25, 0.3) is 0 Å². The number of oxime groups is 1. The van der Waals surface area contributed by atoms with Crippen LogP contribution < -0.4 is 14.8 Å². The Bertz CT molecular complexity index is 783. The summed E-state index contributed by atoms with van der Waals surface area (Å²) in [5.41, 5.74) is 0.916. The summed E-state index contributed by atoms with van der Waals surface area (Å²) in [7, 11) is 3.07. The Balaban J connectivity index is 1.91. The lowest BCUT2D eigenvalue weighted by atomic mass is 10.2. The summed E-state index contributed by atoms with van der Waals surface area (Å²) in [6, 6.07) is 8.84. The predicted molar refractivity (Wildman–Crippen MR) is 93.1 cm³/mol. The molecule has 132 valence electrons. The van der Waals surface area contributed by atoms with Crippen LogP contribution in [0.3, 0.4) is 0 Å². The fourth-order valence-electron chi connectivity index (χ4n) is 1.91. The molecule has 0 atom stereocenters. The standard InChI is InChI=1S/C17H16ClFN2O4/c1-23-13-4-6-16(24-2)11(7-13)9-20-25-10-17(22)21-15-5-3-12(19)8-14(15)18/h3-9H,10H2,1-2H3,(H,21,22)/b20-9+. The maximum atomic E-state index is 13.0. The minimum Gasteiger partial charge on any atom is -0.497 e. The third-order valence-corrected chi connectivity index (χ3v) is 3.42. The van der Waals surface area contributed by atoms with Crippen molar-refractivity contribution in [1.82, 2.24) is 0 Å². The third kappa shape index (κ3) is 5.36. The first kappa shape index (κ1) is 18.5. The normalized spacial score (nSPS) is 10.6. The number of nitrogens with one attached hydrogen (secondary N) is 1. The number of anilines is 1. The van der Waals surface area contributed by atoms with Crippen LogP contribution in [0, 0.1) is 5.82 Å². The van der Waals surface area contributed by atoms with Gasteiger partial charge >= 0.3 is 0 Å². The molecule has 0 aliphatic rings. The first-order valence-electron chi connectivity index (χ1n) is 7.15. The van der Waals surface area contributed by atoms with Gasteiger partial charge in [0.15, 0.2) is 6.61 Å². The molecular weight excluding hydrogens is 351 g/mol. The molecule has 25 heavy (non-hydrogen) atoms. The molecule has 0 unspecified atom stereocenters. The second kappa shape index (κ2) is 8.89. The summed E-state index contributed by atoms with van der Waals surface area (Å²) in [5, 5.41) is 6.32. The Hall–Kier alpha value is -2.80. The lowest BCUT2D eigenvalue weighted by Gasteiger charge is -2.07. The average Bonchev–Trinajstić information content (AvgIpc) is 2.61. The zero-order valence-corrected chi connectivity index (χ0v) is 14.3. The number of carbonyl (C=O) groups is 1. The molecule has 0 heterocycles. The molecule has 0 spiro atoms. The largest absolute Gasteiger partial charge is 0.497 e. The van der Waals surface area contributed by atoms with E-state index in [4.69, 9.17) is 25.9 Å². The Morgan fingerprint density at radius 2 is 2.04 bits per heavy atom. The fraction of sp³-hybridized carbons (Fsp3) is 0.176. The van der Waals surface area contributed by atoms with E-state index < -0.39 is 11.7 Å². The van der Waals surface area contributed by atoms with Gasteiger partial charge in [0.1, 0.15) is 17.3 Å². The van der Waals surface area contributed by atoms with Crippen molar-refractivity contribution in [1.29, 1.82) is 0 Å². The molecule has 0 radical (unpaired) electrons. The van der Waals surface area contributed by atoms with Crippen molar-refractivity contribution in [3.63, 3.8) is 0 Å². The summed E-state index contributed by atoms with van der Waals surface area (Å²) in [4.78, 5) is 16.7. The Labute approximate surface area is 149 Å². The summed E-state index contributed by atoms with van der Waals surface area (Å²) in [6.07, 6.45) is 1.40. The molecule has 1 amide bonds. The van der Waals surface area contributed by atoms with E-state index in [1.54, 1.807) is 25.3 Å². The zero-order chi connectivity index (χ0) is 18.2. The van der Waals surface area contributed by atoms with Crippen LogP contribution in [-0.4, -0.2) is 32.9 Å². The Morgan fingerprint density at radius 1 is 1.24 bits per heavy atom. The predicted octanol–water partition coefficient (Wildman–Crippen LogP) is 3.49. The van der Waals surface area contributed by atoms with Crippen LogP contribution in [0.15, 0.2) is 41.6 Å². The number of carbonyl (C=O) groups excluding carboxylic acids is 1. The molecule has 0 aromatic heterocycles. The highest BCUT2D eigenvalue weighted by Crippen LogP contribution is 2.23. The maximum absolute atomic E-state index is 13.0. The van der Waals surface area contributed by atoms with Crippen LogP contribution in [0.1, 0.15) is 5.56 Å². The van der Waals surface area contributed by atoms with Crippen molar-refractivity contribution < 1.29 is 23.5 Å². The van der Waals surface area contributed by atoms with Crippen LogP contribution >= 0.6 is 11.6 Å². The first-order valence-corrected chi connectivity index (χ1v) is 7.53. The van der Waals surface area contributed by atoms with Gasteiger partial charge in [-0.2, -0.15) is 0 Å². The Morgan fingerprint density at radius 3 is 2.72 bits per heavy atom. The van der Waals surface area contributed by atoms with E-state index in [9.17, 15) is 9.18 Å². The van der Waals surface area contributed by atoms with Gasteiger partial charge in [-0.3, -0.25) is 4.79 Å². The summed E-state index contributed by atoms with van der Waals surface area (Å²) in [6.45, 7) is -0.337. The van der Waals surface area contributed by atoms with Crippen molar-refractivity contribution >= 4 is 29.4 Å². The number of benzene rings is 2. The smallest absolute Gasteiger partial charge is 0.265 e. The van der Waals surface area contributed by atoms with Crippen LogP contribution in [0.4, 0.5) is 10.1 Å². The van der Waals surface area contributed by atoms with Crippen molar-refractivity contribution in [3.8, 4) is 11.5 Å². The number of methoxy groups -OCH3 is 2. The van der Waals surface area contributed by atoms with E-state index in [0.717, 1.165) is 6.07 Å². The van der Waals surface area contributed by atoms with E-state index in [0.29, 0.717) is 17.1 Å². The molecule has 8 heteroatoms. The molecule has 2 aromatic rings. The second-order valence-electron chi connectivity index (χ2n) is 4.79. The van der Waals surface area contributed by atoms with Crippen molar-refractivity contribution in [2.45, 2.75) is 0 Å². The van der Waals surface area contributed by atoms with Gasteiger partial charge in [-0.05, 0) is 36.4 Å². The lowest BCUT2D eigenvalue weighted by Crippen LogP contribution is -2.17. The number of ether oxygens (including phenoxy) is 2. The highest BCUT2D eigenvalue weighted by Gasteiger charge is 2.07. The average molecular weight is 367 g/mol. The van der Waals surface area contributed by atoms with E-state index in [1.807, 2.05) is 0 Å². The quantitative estimate of drug-likeness (QED) is 0.601. The summed E-state index contributed by atoms with van der Waals surface area (Å²) in [5.74, 6) is 0.237. The van der Waals surface area contributed by atoms with E-state index in [2.05, 4.69) is 10.5 Å². The molecular formula is C17H16ClFN2O4. The molecule has 6 nitrogen and oxygen atoms in total. The lowest BCUT2D eigenvalue weighted by molar-refractivity contribution is -0.120. The van der Waals surface area contributed by atoms with E-state index in [-0.39, 0.29) is 17.3 Å². The SMILES string of the molecule is COc1ccc(OC)c(/C=N/OCC(=O)Nc2ccc(F)cc2Cl)c1. The van der Waals surface area contributed by atoms with Crippen molar-refractivity contribution in [3.05, 3.63) is 52.8 Å².